The predicted octanol–water partition coefficient (Wildman–Crippen LogP) is 2.08. The lowest BCUT2D eigenvalue weighted by atomic mass is 9.40. The minimum atomic E-state index is -5.11. The summed E-state index contributed by atoms with van der Waals surface area (Å²) in [5, 5.41) is 64.6. The average molecular weight is 845 g/mol. The molecule has 3 saturated heterocycles. The monoisotopic (exact) mass is 844 g/mol. The second kappa shape index (κ2) is 15.3. The van der Waals surface area contributed by atoms with Crippen molar-refractivity contribution in [2.45, 2.75) is 172 Å². The number of ether oxygens (including phenoxy) is 5. The first kappa shape index (κ1) is 44.5. The van der Waals surface area contributed by atoms with Crippen LogP contribution >= 0.6 is 0 Å². The van der Waals surface area contributed by atoms with Gasteiger partial charge in [-0.1, -0.05) is 44.9 Å². The molecule has 3 heterocycles. The van der Waals surface area contributed by atoms with Crippen LogP contribution in [0.1, 0.15) is 99.3 Å². The Labute approximate surface area is 340 Å². The van der Waals surface area contributed by atoms with Crippen LogP contribution in [-0.4, -0.2) is 136 Å². The van der Waals surface area contributed by atoms with Gasteiger partial charge in [0.2, 0.25) is 0 Å². The van der Waals surface area contributed by atoms with Crippen molar-refractivity contribution in [3.05, 3.63) is 23.8 Å². The van der Waals surface area contributed by atoms with Crippen molar-refractivity contribution in [1.29, 1.82) is 0 Å². The second-order valence-corrected chi connectivity index (χ2v) is 20.6. The van der Waals surface area contributed by atoms with Crippen molar-refractivity contribution in [3.63, 3.8) is 0 Å². The van der Waals surface area contributed by atoms with Crippen LogP contribution in [0, 0.1) is 39.4 Å². The highest BCUT2D eigenvalue weighted by Gasteiger charge is 2.77. The van der Waals surface area contributed by atoms with E-state index in [2.05, 4.69) is 44.5 Å². The summed E-state index contributed by atoms with van der Waals surface area (Å²) in [7, 11) is -5.11. The maximum atomic E-state index is 14.2. The van der Waals surface area contributed by atoms with Gasteiger partial charge < -0.3 is 54.3 Å². The van der Waals surface area contributed by atoms with Gasteiger partial charge >= 0.3 is 16.4 Å². The number of aliphatic hydroxyl groups is 6. The Kier molecular flexibility index (Phi) is 11.8. The number of hydrogen-bond acceptors (Lipinski definition) is 15. The van der Waals surface area contributed by atoms with Gasteiger partial charge in [-0.3, -0.25) is 9.35 Å². The SMILES string of the molecule is C=C(C)CCC(O)C1(C)OC(=O)C23CCC4C(=CCC5C(C)(C)C(OC6OCC(O)C(O)C6OC6OC(CO)C(OS(=O)(=O)O)C(O)C6O)CCC45C)C2(C)CCC13. The third-order valence-corrected chi connectivity index (χ3v) is 16.6. The fourth-order valence-electron chi connectivity index (χ4n) is 13.0. The maximum Gasteiger partial charge on any atom is 0.397 e. The zero-order chi connectivity index (χ0) is 42.5. The summed E-state index contributed by atoms with van der Waals surface area (Å²) >= 11 is 0. The van der Waals surface area contributed by atoms with Crippen molar-refractivity contribution in [2.75, 3.05) is 13.2 Å². The largest absolute Gasteiger partial charge is 0.456 e. The van der Waals surface area contributed by atoms with Crippen LogP contribution in [0.3, 0.4) is 0 Å². The number of carbonyl (C=O) groups is 1. The molecule has 0 radical (unpaired) electrons. The van der Waals surface area contributed by atoms with Crippen LogP contribution in [0.4, 0.5) is 0 Å². The Morgan fingerprint density at radius 3 is 2.31 bits per heavy atom. The molecule has 16 nitrogen and oxygen atoms in total. The van der Waals surface area contributed by atoms with Crippen LogP contribution in [0.25, 0.3) is 0 Å². The van der Waals surface area contributed by atoms with Gasteiger partial charge in [0, 0.05) is 11.3 Å². The summed E-state index contributed by atoms with van der Waals surface area (Å²) in [6, 6.07) is 0. The highest BCUT2D eigenvalue weighted by Crippen LogP contribution is 2.76. The molecule has 6 fully saturated rings. The zero-order valence-electron chi connectivity index (χ0n) is 34.4. The summed E-state index contributed by atoms with van der Waals surface area (Å²) in [4.78, 5) is 14.2. The smallest absolute Gasteiger partial charge is 0.397 e. The number of carbonyl (C=O) groups excluding carboxylic acids is 1. The van der Waals surface area contributed by atoms with Crippen LogP contribution < -0.4 is 0 Å². The van der Waals surface area contributed by atoms with E-state index in [0.29, 0.717) is 25.7 Å². The van der Waals surface area contributed by atoms with Crippen molar-refractivity contribution in [3.8, 4) is 0 Å². The Balaban J connectivity index is 1.10. The van der Waals surface area contributed by atoms with E-state index in [1.165, 1.54) is 5.57 Å². The highest BCUT2D eigenvalue weighted by atomic mass is 32.3. The molecular formula is C41H64O16S. The first-order chi connectivity index (χ1) is 27.0. The summed E-state index contributed by atoms with van der Waals surface area (Å²) < 4.78 is 66.8. The van der Waals surface area contributed by atoms with E-state index in [0.717, 1.165) is 37.7 Å². The fraction of sp³-hybridized carbons (Fsp3) is 0.878. The van der Waals surface area contributed by atoms with Gasteiger partial charge in [-0.05, 0) is 94.3 Å². The molecule has 58 heavy (non-hydrogen) atoms. The third kappa shape index (κ3) is 6.86. The second-order valence-electron chi connectivity index (χ2n) is 19.6. The Hall–Kier alpha value is -1.58. The van der Waals surface area contributed by atoms with Crippen molar-refractivity contribution in [2.24, 2.45) is 39.4 Å². The van der Waals surface area contributed by atoms with Gasteiger partial charge in [0.1, 0.15) is 48.3 Å². The summed E-state index contributed by atoms with van der Waals surface area (Å²) in [6.45, 7) is 15.6. The molecule has 1 spiro atoms. The van der Waals surface area contributed by atoms with E-state index in [9.17, 15) is 48.4 Å². The molecule has 18 atom stereocenters. The van der Waals surface area contributed by atoms with E-state index < -0.39 is 106 Å². The number of cyclic esters (lactones) is 1. The van der Waals surface area contributed by atoms with E-state index in [1.807, 2.05) is 13.8 Å². The molecule has 7 N–H and O–H groups in total. The number of hydrogen-bond donors (Lipinski definition) is 7. The third-order valence-electron chi connectivity index (χ3n) is 16.1. The van der Waals surface area contributed by atoms with Crippen molar-refractivity contribution < 1.29 is 76.3 Å². The molecule has 17 heteroatoms. The first-order valence-corrected chi connectivity index (χ1v) is 22.2. The molecule has 0 bridgehead atoms. The van der Waals surface area contributed by atoms with Gasteiger partial charge in [0.05, 0.1) is 30.8 Å². The molecule has 0 amide bonds. The van der Waals surface area contributed by atoms with Crippen LogP contribution in [-0.2, 0) is 43.1 Å². The van der Waals surface area contributed by atoms with Gasteiger partial charge in [-0.25, -0.2) is 4.18 Å². The van der Waals surface area contributed by atoms with E-state index >= 15 is 0 Å². The lowest BCUT2D eigenvalue weighted by molar-refractivity contribution is -0.365. The molecule has 7 aliphatic rings. The predicted molar refractivity (Wildman–Crippen MR) is 204 cm³/mol. The Morgan fingerprint density at radius 2 is 1.66 bits per heavy atom. The maximum absolute atomic E-state index is 14.2. The van der Waals surface area contributed by atoms with E-state index in [4.69, 9.17) is 23.7 Å². The first-order valence-electron chi connectivity index (χ1n) is 20.8. The van der Waals surface area contributed by atoms with Crippen LogP contribution in [0.5, 0.6) is 0 Å². The highest BCUT2D eigenvalue weighted by molar-refractivity contribution is 7.80. The summed E-state index contributed by atoms with van der Waals surface area (Å²) in [6.07, 6.45) is -7.41. The minimum absolute atomic E-state index is 0.102. The molecule has 7 rings (SSSR count). The number of aliphatic hydroxyl groups excluding tert-OH is 6. The molecule has 0 aromatic rings. The van der Waals surface area contributed by atoms with E-state index in [1.54, 1.807) is 0 Å². The molecule has 18 unspecified atom stereocenters. The molecule has 3 saturated carbocycles. The van der Waals surface area contributed by atoms with Gasteiger partial charge in [-0.2, -0.15) is 8.42 Å². The number of esters is 1. The summed E-state index contributed by atoms with van der Waals surface area (Å²) in [5.74, 6) is 0.0508. The van der Waals surface area contributed by atoms with Gasteiger partial charge in [-0.15, -0.1) is 6.58 Å². The molecule has 4 aliphatic carbocycles. The quantitative estimate of drug-likeness (QED) is 0.0894. The fourth-order valence-corrected chi connectivity index (χ4v) is 13.5. The number of rotatable bonds is 11. The molecule has 3 aliphatic heterocycles. The van der Waals surface area contributed by atoms with Gasteiger partial charge in [0.25, 0.3) is 0 Å². The normalized spacial score (nSPS) is 49.2. The molecule has 0 aromatic carbocycles. The summed E-state index contributed by atoms with van der Waals surface area (Å²) in [5.41, 5.74) is -0.407. The van der Waals surface area contributed by atoms with Crippen LogP contribution in [0.15, 0.2) is 23.8 Å². The van der Waals surface area contributed by atoms with Crippen LogP contribution in [0.2, 0.25) is 0 Å². The molecule has 330 valence electrons. The standard InChI is InChI=1S/C41H64O16S/c1-20(2)8-11-27(44)40(7)26-13-16-39(6)22-9-10-25-37(3,4)28(14-15-38(25,5)21(22)12-17-41(26,39)36(48)56-40)54-35-33(29(45)23(43)19-52-35)55-34-31(47)30(46)32(24(18-42)53-34)57-58(49,50)51/h9,21,23-35,42-47H,1,8,10-19H2,2-7H3,(H,49,50,51). The minimum Gasteiger partial charge on any atom is -0.456 e. The van der Waals surface area contributed by atoms with Gasteiger partial charge in [0.15, 0.2) is 12.6 Å². The van der Waals surface area contributed by atoms with Crippen molar-refractivity contribution in [1.82, 2.24) is 0 Å². The average Bonchev–Trinajstić information content (AvgIpc) is 3.59. The Bertz CT molecular complexity index is 1730. The number of fused-ring (bicyclic) bond motifs is 4. The van der Waals surface area contributed by atoms with Crippen molar-refractivity contribution >= 4 is 16.4 Å². The number of allylic oxidation sites excluding steroid dienone is 3. The van der Waals surface area contributed by atoms with E-state index in [-0.39, 0.29) is 35.7 Å². The topological polar surface area (TPSA) is 248 Å². The zero-order valence-corrected chi connectivity index (χ0v) is 35.2. The molecular weight excluding hydrogens is 781 g/mol. The lowest BCUT2D eigenvalue weighted by Crippen LogP contribution is -2.64. The molecule has 0 aromatic heterocycles. The Morgan fingerprint density at radius 1 is 0.948 bits per heavy atom. The lowest BCUT2D eigenvalue weighted by Gasteiger charge is -2.64.